The number of carbonyl (C=O) groups is 1. The SMILES string of the molecule is CNC(=O)Cn1cncc1C(N)C1CCOC1. The lowest BCUT2D eigenvalue weighted by Gasteiger charge is -2.19. The molecule has 1 saturated heterocycles. The molecular formula is C11H18N4O2. The Labute approximate surface area is 100 Å². The number of hydrogen-bond donors (Lipinski definition) is 2. The van der Waals surface area contributed by atoms with Crippen molar-refractivity contribution in [3.05, 3.63) is 18.2 Å². The van der Waals surface area contributed by atoms with Crippen molar-refractivity contribution < 1.29 is 9.53 Å². The first-order valence-electron chi connectivity index (χ1n) is 5.76. The van der Waals surface area contributed by atoms with Crippen molar-refractivity contribution in [2.24, 2.45) is 11.7 Å². The largest absolute Gasteiger partial charge is 0.381 e. The molecule has 6 nitrogen and oxygen atoms in total. The zero-order valence-electron chi connectivity index (χ0n) is 9.93. The van der Waals surface area contributed by atoms with Gasteiger partial charge >= 0.3 is 0 Å². The lowest BCUT2D eigenvalue weighted by molar-refractivity contribution is -0.121. The third kappa shape index (κ3) is 2.65. The molecule has 6 heteroatoms. The molecule has 2 rings (SSSR count). The second-order valence-electron chi connectivity index (χ2n) is 4.27. The van der Waals surface area contributed by atoms with Gasteiger partial charge in [0.2, 0.25) is 5.91 Å². The maximum Gasteiger partial charge on any atom is 0.239 e. The van der Waals surface area contributed by atoms with Crippen molar-refractivity contribution in [2.75, 3.05) is 20.3 Å². The lowest BCUT2D eigenvalue weighted by Crippen LogP contribution is -2.28. The fraction of sp³-hybridized carbons (Fsp3) is 0.636. The van der Waals surface area contributed by atoms with E-state index in [1.54, 1.807) is 24.1 Å². The van der Waals surface area contributed by atoms with Crippen LogP contribution in [0.3, 0.4) is 0 Å². The molecule has 0 aromatic carbocycles. The number of rotatable bonds is 4. The third-order valence-corrected chi connectivity index (χ3v) is 3.15. The number of nitrogens with two attached hydrogens (primary N) is 1. The summed E-state index contributed by atoms with van der Waals surface area (Å²) < 4.78 is 7.12. The van der Waals surface area contributed by atoms with Gasteiger partial charge in [-0.3, -0.25) is 4.79 Å². The zero-order valence-corrected chi connectivity index (χ0v) is 9.93. The number of nitrogens with zero attached hydrogens (tertiary/aromatic N) is 2. The maximum atomic E-state index is 11.4. The van der Waals surface area contributed by atoms with E-state index in [-0.39, 0.29) is 18.5 Å². The predicted molar refractivity (Wildman–Crippen MR) is 62.1 cm³/mol. The normalized spacial score (nSPS) is 21.4. The first-order valence-corrected chi connectivity index (χ1v) is 5.76. The molecule has 94 valence electrons. The number of aromatic nitrogens is 2. The molecule has 1 aliphatic rings. The van der Waals surface area contributed by atoms with E-state index in [2.05, 4.69) is 10.3 Å². The number of carbonyl (C=O) groups excluding carboxylic acids is 1. The van der Waals surface area contributed by atoms with Gasteiger partial charge in [-0.05, 0) is 6.42 Å². The summed E-state index contributed by atoms with van der Waals surface area (Å²) in [6.45, 7) is 1.71. The lowest BCUT2D eigenvalue weighted by atomic mass is 9.97. The Hall–Kier alpha value is -1.40. The standard InChI is InChI=1S/C11H18N4O2/c1-13-10(16)5-15-7-14-4-9(15)11(12)8-2-3-17-6-8/h4,7-8,11H,2-3,5-6,12H2,1H3,(H,13,16). The van der Waals surface area contributed by atoms with Crippen molar-refractivity contribution in [1.82, 2.24) is 14.9 Å². The molecule has 3 N–H and O–H groups in total. The van der Waals surface area contributed by atoms with Crippen LogP contribution < -0.4 is 11.1 Å². The second-order valence-corrected chi connectivity index (χ2v) is 4.27. The summed E-state index contributed by atoms with van der Waals surface area (Å²) in [5.74, 6) is 0.259. The summed E-state index contributed by atoms with van der Waals surface area (Å²) in [7, 11) is 1.61. The Morgan fingerprint density at radius 2 is 2.65 bits per heavy atom. The van der Waals surface area contributed by atoms with Crippen molar-refractivity contribution in [2.45, 2.75) is 19.0 Å². The van der Waals surface area contributed by atoms with Gasteiger partial charge in [0, 0.05) is 25.8 Å². The summed E-state index contributed by atoms with van der Waals surface area (Å²) in [5.41, 5.74) is 7.08. The van der Waals surface area contributed by atoms with Gasteiger partial charge in [0.1, 0.15) is 6.54 Å². The molecule has 0 bridgehead atoms. The van der Waals surface area contributed by atoms with E-state index >= 15 is 0 Å². The minimum atomic E-state index is -0.121. The van der Waals surface area contributed by atoms with E-state index in [4.69, 9.17) is 10.5 Å². The Balaban J connectivity index is 2.09. The highest BCUT2D eigenvalue weighted by molar-refractivity contribution is 5.75. The fourth-order valence-corrected chi connectivity index (χ4v) is 2.05. The quantitative estimate of drug-likeness (QED) is 0.752. The van der Waals surface area contributed by atoms with E-state index in [0.29, 0.717) is 12.5 Å². The van der Waals surface area contributed by atoms with Gasteiger partial charge in [0.25, 0.3) is 0 Å². The van der Waals surface area contributed by atoms with Gasteiger partial charge < -0.3 is 20.4 Å². The Morgan fingerprint density at radius 1 is 1.82 bits per heavy atom. The molecule has 2 atom stereocenters. The van der Waals surface area contributed by atoms with Gasteiger partial charge in [-0.25, -0.2) is 4.98 Å². The van der Waals surface area contributed by atoms with Crippen LogP contribution in [0.15, 0.2) is 12.5 Å². The Bertz CT molecular complexity index is 385. The van der Waals surface area contributed by atoms with Crippen LogP contribution in [0.25, 0.3) is 0 Å². The summed E-state index contributed by atoms with van der Waals surface area (Å²) in [5, 5.41) is 2.59. The highest BCUT2D eigenvalue weighted by Crippen LogP contribution is 2.26. The van der Waals surface area contributed by atoms with E-state index in [9.17, 15) is 4.79 Å². The molecule has 0 saturated carbocycles. The highest BCUT2D eigenvalue weighted by Gasteiger charge is 2.26. The first kappa shape index (κ1) is 12.1. The van der Waals surface area contributed by atoms with Crippen molar-refractivity contribution >= 4 is 5.91 Å². The number of hydrogen-bond acceptors (Lipinski definition) is 4. The van der Waals surface area contributed by atoms with Crippen LogP contribution in [0.5, 0.6) is 0 Å². The Kier molecular flexibility index (Phi) is 3.75. The summed E-state index contributed by atoms with van der Waals surface area (Å²) in [4.78, 5) is 15.4. The monoisotopic (exact) mass is 238 g/mol. The van der Waals surface area contributed by atoms with Gasteiger partial charge in [-0.2, -0.15) is 0 Å². The van der Waals surface area contributed by atoms with Gasteiger partial charge in [-0.15, -0.1) is 0 Å². The topological polar surface area (TPSA) is 82.2 Å². The van der Waals surface area contributed by atoms with E-state index in [1.165, 1.54) is 0 Å². The predicted octanol–water partition coefficient (Wildman–Crippen LogP) is -0.335. The van der Waals surface area contributed by atoms with Crippen LogP contribution in [0.1, 0.15) is 18.2 Å². The maximum absolute atomic E-state index is 11.4. The van der Waals surface area contributed by atoms with Crippen LogP contribution in [-0.2, 0) is 16.1 Å². The van der Waals surface area contributed by atoms with Crippen LogP contribution >= 0.6 is 0 Å². The van der Waals surface area contributed by atoms with Crippen molar-refractivity contribution in [3.63, 3.8) is 0 Å². The molecule has 1 amide bonds. The average molecular weight is 238 g/mol. The van der Waals surface area contributed by atoms with E-state index in [1.807, 2.05) is 0 Å². The van der Waals surface area contributed by atoms with Gasteiger partial charge in [0.05, 0.1) is 24.7 Å². The van der Waals surface area contributed by atoms with Crippen LogP contribution in [-0.4, -0.2) is 35.7 Å². The molecular weight excluding hydrogens is 220 g/mol. The number of ether oxygens (including phenoxy) is 1. The first-order chi connectivity index (χ1) is 8.22. The smallest absolute Gasteiger partial charge is 0.239 e. The fourth-order valence-electron chi connectivity index (χ4n) is 2.05. The molecule has 2 heterocycles. The highest BCUT2D eigenvalue weighted by atomic mass is 16.5. The summed E-state index contributed by atoms with van der Waals surface area (Å²) in [6, 6.07) is -0.121. The number of nitrogens with one attached hydrogen (secondary N) is 1. The van der Waals surface area contributed by atoms with Gasteiger partial charge in [0.15, 0.2) is 0 Å². The molecule has 1 aliphatic heterocycles. The van der Waals surface area contributed by atoms with Crippen LogP contribution in [0.2, 0.25) is 0 Å². The third-order valence-electron chi connectivity index (χ3n) is 3.15. The van der Waals surface area contributed by atoms with Crippen molar-refractivity contribution in [3.8, 4) is 0 Å². The molecule has 1 fully saturated rings. The number of likely N-dealkylation sites (N-methyl/N-ethyl adjacent to an activating group) is 1. The van der Waals surface area contributed by atoms with E-state index in [0.717, 1.165) is 18.7 Å². The molecule has 1 aromatic rings. The molecule has 2 unspecified atom stereocenters. The average Bonchev–Trinajstić information content (AvgIpc) is 2.98. The number of imidazole rings is 1. The Morgan fingerprint density at radius 3 is 3.29 bits per heavy atom. The van der Waals surface area contributed by atoms with Crippen molar-refractivity contribution in [1.29, 1.82) is 0 Å². The van der Waals surface area contributed by atoms with Crippen LogP contribution in [0.4, 0.5) is 0 Å². The minimum absolute atomic E-state index is 0.0564. The molecule has 0 aliphatic carbocycles. The molecule has 1 aromatic heterocycles. The molecule has 17 heavy (non-hydrogen) atoms. The zero-order chi connectivity index (χ0) is 12.3. The van der Waals surface area contributed by atoms with E-state index < -0.39 is 0 Å². The summed E-state index contributed by atoms with van der Waals surface area (Å²) in [6.07, 6.45) is 4.33. The van der Waals surface area contributed by atoms with Crippen LogP contribution in [0, 0.1) is 5.92 Å². The van der Waals surface area contributed by atoms with Gasteiger partial charge in [-0.1, -0.05) is 0 Å². The number of amides is 1. The molecule has 0 radical (unpaired) electrons. The second kappa shape index (κ2) is 5.29. The minimum Gasteiger partial charge on any atom is -0.381 e. The molecule has 0 spiro atoms. The summed E-state index contributed by atoms with van der Waals surface area (Å²) >= 11 is 0.